The van der Waals surface area contributed by atoms with E-state index in [1.807, 2.05) is 30.3 Å². The third kappa shape index (κ3) is 6.64. The first-order valence-electron chi connectivity index (χ1n) is 6.40. The van der Waals surface area contributed by atoms with E-state index in [4.69, 9.17) is 9.26 Å². The number of alkyl carbamates (subject to hydrolysis) is 1. The molecule has 1 N–H and O–H groups in total. The standard InChI is InChI=1S/C14H20NO4P/c1-11(15-13(16)19-14(2,3)4)20(17)18-10-12-8-6-5-7-9-12/h5-9,11H,10H2,1-4H3/p+1. The van der Waals surface area contributed by atoms with Crippen molar-refractivity contribution in [1.82, 2.24) is 5.32 Å². The first kappa shape index (κ1) is 16.6. The number of carbonyl (C=O) groups is 1. The van der Waals surface area contributed by atoms with E-state index in [0.717, 1.165) is 5.56 Å². The van der Waals surface area contributed by atoms with Crippen LogP contribution < -0.4 is 5.32 Å². The molecule has 110 valence electrons. The van der Waals surface area contributed by atoms with Crippen LogP contribution in [0.4, 0.5) is 4.79 Å². The van der Waals surface area contributed by atoms with E-state index < -0.39 is 25.5 Å². The van der Waals surface area contributed by atoms with Crippen molar-refractivity contribution in [3.8, 4) is 0 Å². The summed E-state index contributed by atoms with van der Waals surface area (Å²) in [4.78, 5) is 11.5. The summed E-state index contributed by atoms with van der Waals surface area (Å²) < 4.78 is 22.2. The Balaban J connectivity index is 2.38. The van der Waals surface area contributed by atoms with Gasteiger partial charge in [-0.25, -0.2) is 4.79 Å². The zero-order chi connectivity index (χ0) is 15.2. The zero-order valence-corrected chi connectivity index (χ0v) is 13.1. The molecule has 0 aliphatic rings. The van der Waals surface area contributed by atoms with E-state index in [1.54, 1.807) is 27.7 Å². The molecule has 0 radical (unpaired) electrons. The maximum atomic E-state index is 11.9. The lowest BCUT2D eigenvalue weighted by atomic mass is 10.2. The smallest absolute Gasteiger partial charge is 0.444 e. The summed E-state index contributed by atoms with van der Waals surface area (Å²) in [5.41, 5.74) is 0.348. The van der Waals surface area contributed by atoms with Crippen molar-refractivity contribution >= 4 is 14.1 Å². The van der Waals surface area contributed by atoms with Crippen LogP contribution in [-0.2, 0) is 20.4 Å². The van der Waals surface area contributed by atoms with Crippen molar-refractivity contribution in [3.05, 3.63) is 35.9 Å². The third-order valence-corrected chi connectivity index (χ3v) is 3.39. The predicted molar refractivity (Wildman–Crippen MR) is 77.7 cm³/mol. The Bertz CT molecular complexity index is 456. The predicted octanol–water partition coefficient (Wildman–Crippen LogP) is 3.82. The van der Waals surface area contributed by atoms with Gasteiger partial charge in [0, 0.05) is 6.92 Å². The van der Waals surface area contributed by atoms with E-state index in [-0.39, 0.29) is 6.61 Å². The molecule has 0 saturated carbocycles. The van der Waals surface area contributed by atoms with Gasteiger partial charge in [0.2, 0.25) is 0 Å². The van der Waals surface area contributed by atoms with Crippen molar-refractivity contribution in [1.29, 1.82) is 0 Å². The molecule has 0 aliphatic carbocycles. The van der Waals surface area contributed by atoms with Gasteiger partial charge in [-0.2, -0.15) is 0 Å². The Morgan fingerprint density at radius 1 is 1.30 bits per heavy atom. The minimum absolute atomic E-state index is 0.246. The van der Waals surface area contributed by atoms with Crippen molar-refractivity contribution in [2.45, 2.75) is 45.7 Å². The fraction of sp³-hybridized carbons (Fsp3) is 0.500. The van der Waals surface area contributed by atoms with Crippen molar-refractivity contribution in [2.75, 3.05) is 0 Å². The SMILES string of the molecule is CC(NC(=O)OC(C)(C)C)[P+](=O)OCc1ccccc1. The van der Waals surface area contributed by atoms with Crippen LogP contribution in [0.3, 0.4) is 0 Å². The second-order valence-electron chi connectivity index (χ2n) is 5.37. The molecule has 0 aliphatic heterocycles. The van der Waals surface area contributed by atoms with Gasteiger partial charge in [-0.15, -0.1) is 4.52 Å². The molecule has 0 bridgehead atoms. The number of hydrogen-bond acceptors (Lipinski definition) is 4. The molecule has 0 fully saturated rings. The highest BCUT2D eigenvalue weighted by molar-refractivity contribution is 7.39. The van der Waals surface area contributed by atoms with Gasteiger partial charge in [-0.3, -0.25) is 5.32 Å². The number of carbonyl (C=O) groups excluding carboxylic acids is 1. The molecule has 0 saturated heterocycles. The topological polar surface area (TPSA) is 64.6 Å². The normalized spacial score (nSPS) is 13.5. The van der Waals surface area contributed by atoms with Crippen molar-refractivity contribution < 1.29 is 18.6 Å². The van der Waals surface area contributed by atoms with Crippen LogP contribution in [0.1, 0.15) is 33.3 Å². The Morgan fingerprint density at radius 3 is 2.45 bits per heavy atom. The molecule has 0 aromatic heterocycles. The Hall–Kier alpha value is -1.45. The minimum atomic E-state index is -2.00. The van der Waals surface area contributed by atoms with Crippen LogP contribution in [0.15, 0.2) is 30.3 Å². The number of ether oxygens (including phenoxy) is 1. The number of nitrogens with one attached hydrogen (secondary N) is 1. The second-order valence-corrected chi connectivity index (χ2v) is 6.97. The van der Waals surface area contributed by atoms with E-state index in [9.17, 15) is 9.36 Å². The van der Waals surface area contributed by atoms with E-state index in [1.165, 1.54) is 0 Å². The fourth-order valence-electron chi connectivity index (χ4n) is 1.36. The molecule has 2 atom stereocenters. The van der Waals surface area contributed by atoms with Crippen molar-refractivity contribution in [3.63, 3.8) is 0 Å². The first-order chi connectivity index (χ1) is 9.28. The molecule has 0 spiro atoms. The highest BCUT2D eigenvalue weighted by Gasteiger charge is 2.31. The molecule has 1 rings (SSSR count). The summed E-state index contributed by atoms with van der Waals surface area (Å²) in [5, 5.41) is 2.50. The van der Waals surface area contributed by atoms with Crippen LogP contribution in [0, 0.1) is 0 Å². The lowest BCUT2D eigenvalue weighted by Crippen LogP contribution is -2.36. The summed E-state index contributed by atoms with van der Waals surface area (Å²) in [6.07, 6.45) is -0.600. The molecule has 1 aromatic carbocycles. The molecule has 1 aromatic rings. The molecular weight excluding hydrogens is 277 g/mol. The number of hydrogen-bond donors (Lipinski definition) is 1. The monoisotopic (exact) mass is 298 g/mol. The first-order valence-corrected chi connectivity index (χ1v) is 7.65. The number of rotatable bonds is 5. The second kappa shape index (κ2) is 7.36. The Labute approximate surface area is 120 Å². The van der Waals surface area contributed by atoms with E-state index in [2.05, 4.69) is 5.32 Å². The maximum absolute atomic E-state index is 11.9. The van der Waals surface area contributed by atoms with Gasteiger partial charge < -0.3 is 4.74 Å². The third-order valence-electron chi connectivity index (χ3n) is 2.24. The lowest BCUT2D eigenvalue weighted by Gasteiger charge is -2.19. The van der Waals surface area contributed by atoms with Gasteiger partial charge in [0.25, 0.3) is 5.78 Å². The summed E-state index contributed by atoms with van der Waals surface area (Å²) >= 11 is 0. The number of benzene rings is 1. The molecule has 20 heavy (non-hydrogen) atoms. The average Bonchev–Trinajstić information content (AvgIpc) is 2.34. The van der Waals surface area contributed by atoms with E-state index in [0.29, 0.717) is 0 Å². The van der Waals surface area contributed by atoms with Crippen LogP contribution in [-0.4, -0.2) is 17.5 Å². The molecule has 5 nitrogen and oxygen atoms in total. The van der Waals surface area contributed by atoms with Gasteiger partial charge in [0.05, 0.1) is 0 Å². The highest BCUT2D eigenvalue weighted by atomic mass is 31.1. The van der Waals surface area contributed by atoms with Gasteiger partial charge in [-0.1, -0.05) is 30.3 Å². The summed E-state index contributed by atoms with van der Waals surface area (Å²) in [6, 6.07) is 9.43. The molecular formula is C14H21NO4P+. The highest BCUT2D eigenvalue weighted by Crippen LogP contribution is 2.29. The largest absolute Gasteiger partial charge is 0.533 e. The summed E-state index contributed by atoms with van der Waals surface area (Å²) in [6.45, 7) is 7.17. The quantitative estimate of drug-likeness (QED) is 0.839. The van der Waals surface area contributed by atoms with Crippen LogP contribution >= 0.6 is 8.03 Å². The lowest BCUT2D eigenvalue weighted by molar-refractivity contribution is 0.0520. The molecule has 1 amide bonds. The Morgan fingerprint density at radius 2 is 1.90 bits per heavy atom. The zero-order valence-electron chi connectivity index (χ0n) is 12.3. The van der Waals surface area contributed by atoms with Gasteiger partial charge in [0.15, 0.2) is 0 Å². The van der Waals surface area contributed by atoms with Crippen LogP contribution in [0.5, 0.6) is 0 Å². The average molecular weight is 298 g/mol. The molecule has 2 unspecified atom stereocenters. The molecule has 0 heterocycles. The van der Waals surface area contributed by atoms with Crippen molar-refractivity contribution in [2.24, 2.45) is 0 Å². The van der Waals surface area contributed by atoms with Crippen LogP contribution in [0.2, 0.25) is 0 Å². The van der Waals surface area contributed by atoms with Gasteiger partial charge in [-0.05, 0) is 30.9 Å². The van der Waals surface area contributed by atoms with Gasteiger partial charge in [0.1, 0.15) is 12.2 Å². The summed E-state index contributed by atoms with van der Waals surface area (Å²) in [7, 11) is -2.00. The minimum Gasteiger partial charge on any atom is -0.444 e. The van der Waals surface area contributed by atoms with Crippen LogP contribution in [0.25, 0.3) is 0 Å². The van der Waals surface area contributed by atoms with E-state index >= 15 is 0 Å². The maximum Gasteiger partial charge on any atom is 0.533 e. The Kier molecular flexibility index (Phi) is 6.11. The van der Waals surface area contributed by atoms with Gasteiger partial charge >= 0.3 is 14.1 Å². The summed E-state index contributed by atoms with van der Waals surface area (Å²) in [5.74, 6) is -0.608. The number of amides is 1. The fourth-order valence-corrected chi connectivity index (χ4v) is 2.07. The molecule has 6 heteroatoms.